The second kappa shape index (κ2) is 5.89. The molecule has 19 heavy (non-hydrogen) atoms. The van der Waals surface area contributed by atoms with Crippen molar-refractivity contribution in [3.05, 3.63) is 71.0 Å². The molecule has 0 radical (unpaired) electrons. The second-order valence-electron chi connectivity index (χ2n) is 4.39. The first-order chi connectivity index (χ1) is 9.06. The zero-order valence-electron chi connectivity index (χ0n) is 10.5. The van der Waals surface area contributed by atoms with E-state index in [0.717, 1.165) is 11.6 Å². The van der Waals surface area contributed by atoms with Crippen molar-refractivity contribution in [1.82, 2.24) is 5.32 Å². The third-order valence-corrected chi connectivity index (χ3v) is 2.96. The van der Waals surface area contributed by atoms with E-state index in [4.69, 9.17) is 0 Å². The van der Waals surface area contributed by atoms with Gasteiger partial charge >= 0.3 is 0 Å². The van der Waals surface area contributed by atoms with E-state index in [1.54, 1.807) is 12.1 Å². The Morgan fingerprint density at radius 2 is 1.74 bits per heavy atom. The fourth-order valence-electron chi connectivity index (χ4n) is 1.82. The molecule has 0 aliphatic heterocycles. The number of hydrogen-bond acceptors (Lipinski definition) is 1. The van der Waals surface area contributed by atoms with Crippen molar-refractivity contribution in [3.63, 3.8) is 0 Å². The first kappa shape index (κ1) is 13.6. The molecule has 0 saturated heterocycles. The van der Waals surface area contributed by atoms with Gasteiger partial charge in [0.05, 0.1) is 0 Å². The molecule has 1 unspecified atom stereocenters. The predicted octanol–water partition coefficient (Wildman–Crippen LogP) is 3.95. The Kier molecular flexibility index (Phi) is 4.22. The van der Waals surface area contributed by atoms with Crippen LogP contribution in [0.5, 0.6) is 0 Å². The van der Waals surface area contributed by atoms with Crippen molar-refractivity contribution in [2.45, 2.75) is 19.5 Å². The summed E-state index contributed by atoms with van der Waals surface area (Å²) >= 11 is 0. The molecule has 2 aromatic carbocycles. The quantitative estimate of drug-likeness (QED) is 0.882. The van der Waals surface area contributed by atoms with Crippen molar-refractivity contribution >= 4 is 0 Å². The molecule has 1 atom stereocenters. The van der Waals surface area contributed by atoms with Gasteiger partial charge in [0.25, 0.3) is 0 Å². The Balaban J connectivity index is 2.02. The van der Waals surface area contributed by atoms with E-state index >= 15 is 0 Å². The number of rotatable bonds is 4. The molecule has 0 heterocycles. The maximum Gasteiger partial charge on any atom is 0.130 e. The molecule has 0 fully saturated rings. The Bertz CT molecular complexity index is 569. The second-order valence-corrected chi connectivity index (χ2v) is 4.39. The Hall–Kier alpha value is -1.81. The van der Waals surface area contributed by atoms with Crippen LogP contribution in [0.25, 0.3) is 0 Å². The van der Waals surface area contributed by atoms with E-state index in [9.17, 15) is 13.2 Å². The maximum absolute atomic E-state index is 13.4. The predicted molar refractivity (Wildman–Crippen MR) is 68.0 cm³/mol. The van der Waals surface area contributed by atoms with Gasteiger partial charge < -0.3 is 5.32 Å². The monoisotopic (exact) mass is 265 g/mol. The molecule has 0 bridgehead atoms. The maximum atomic E-state index is 13.4. The molecule has 0 aliphatic rings. The fraction of sp³-hybridized carbons (Fsp3) is 0.200. The van der Waals surface area contributed by atoms with Crippen LogP contribution in [0.4, 0.5) is 13.2 Å². The summed E-state index contributed by atoms with van der Waals surface area (Å²) in [6.07, 6.45) is 0. The van der Waals surface area contributed by atoms with Crippen molar-refractivity contribution in [1.29, 1.82) is 0 Å². The van der Waals surface area contributed by atoms with Gasteiger partial charge in [-0.1, -0.05) is 18.2 Å². The normalized spacial score (nSPS) is 12.4. The van der Waals surface area contributed by atoms with Crippen molar-refractivity contribution in [2.24, 2.45) is 0 Å². The summed E-state index contributed by atoms with van der Waals surface area (Å²) in [6.45, 7) is 2.11. The average molecular weight is 265 g/mol. The largest absolute Gasteiger partial charge is 0.306 e. The van der Waals surface area contributed by atoms with Gasteiger partial charge in [-0.05, 0) is 30.7 Å². The lowest BCUT2D eigenvalue weighted by Gasteiger charge is -2.14. The summed E-state index contributed by atoms with van der Waals surface area (Å²) in [5.41, 5.74) is 1.16. The molecule has 100 valence electrons. The lowest BCUT2D eigenvalue weighted by Crippen LogP contribution is -2.19. The number of benzene rings is 2. The molecule has 2 aromatic rings. The van der Waals surface area contributed by atoms with Crippen LogP contribution >= 0.6 is 0 Å². The van der Waals surface area contributed by atoms with Crippen LogP contribution in [0.1, 0.15) is 24.1 Å². The molecule has 0 aromatic heterocycles. The van der Waals surface area contributed by atoms with Gasteiger partial charge in [0.15, 0.2) is 0 Å². The third-order valence-electron chi connectivity index (χ3n) is 2.96. The zero-order valence-corrected chi connectivity index (χ0v) is 10.5. The minimum atomic E-state index is -0.598. The molecule has 0 aliphatic carbocycles. The Morgan fingerprint density at radius 3 is 2.42 bits per heavy atom. The van der Waals surface area contributed by atoms with E-state index in [1.807, 2.05) is 6.92 Å². The topological polar surface area (TPSA) is 12.0 Å². The van der Waals surface area contributed by atoms with Crippen LogP contribution in [0, 0.1) is 17.5 Å². The first-order valence-corrected chi connectivity index (χ1v) is 5.99. The number of hydrogen-bond donors (Lipinski definition) is 1. The average Bonchev–Trinajstić information content (AvgIpc) is 2.37. The van der Waals surface area contributed by atoms with Crippen molar-refractivity contribution in [3.8, 4) is 0 Å². The molecule has 4 heteroatoms. The molecule has 0 spiro atoms. The van der Waals surface area contributed by atoms with Crippen LogP contribution in [0.3, 0.4) is 0 Å². The summed E-state index contributed by atoms with van der Waals surface area (Å²) in [4.78, 5) is 0. The number of nitrogens with one attached hydrogen (secondary N) is 1. The van der Waals surface area contributed by atoms with Gasteiger partial charge in [0.2, 0.25) is 0 Å². The van der Waals surface area contributed by atoms with E-state index in [1.165, 1.54) is 24.3 Å². The molecule has 2 rings (SSSR count). The molecule has 1 N–H and O–H groups in total. The van der Waals surface area contributed by atoms with E-state index in [0.29, 0.717) is 5.56 Å². The summed E-state index contributed by atoms with van der Waals surface area (Å²) < 4.78 is 39.3. The van der Waals surface area contributed by atoms with E-state index in [-0.39, 0.29) is 18.4 Å². The summed E-state index contributed by atoms with van der Waals surface area (Å²) in [6, 6.07) is 9.56. The van der Waals surface area contributed by atoms with E-state index in [2.05, 4.69) is 5.32 Å². The minimum Gasteiger partial charge on any atom is -0.306 e. The van der Waals surface area contributed by atoms with E-state index < -0.39 is 11.6 Å². The third kappa shape index (κ3) is 3.58. The minimum absolute atomic E-state index is 0.125. The summed E-state index contributed by atoms with van der Waals surface area (Å²) in [5.74, 6) is -1.49. The highest BCUT2D eigenvalue weighted by Gasteiger charge is 2.08. The molecule has 1 nitrogen and oxygen atoms in total. The van der Waals surface area contributed by atoms with Gasteiger partial charge in [0.1, 0.15) is 17.5 Å². The smallest absolute Gasteiger partial charge is 0.130 e. The van der Waals surface area contributed by atoms with Gasteiger partial charge in [-0.15, -0.1) is 0 Å². The summed E-state index contributed by atoms with van der Waals surface area (Å²) in [5, 5.41) is 3.07. The highest BCUT2D eigenvalue weighted by Crippen LogP contribution is 2.15. The standard InChI is InChI=1S/C15H14F3N/c1-10(11-3-2-4-13(16)7-11)19-9-12-5-6-14(17)8-15(12)18/h2-8,10,19H,9H2,1H3. The van der Waals surface area contributed by atoms with Gasteiger partial charge in [0, 0.05) is 24.2 Å². The SMILES string of the molecule is CC(NCc1ccc(F)cc1F)c1cccc(F)c1. The first-order valence-electron chi connectivity index (χ1n) is 5.99. The fourth-order valence-corrected chi connectivity index (χ4v) is 1.82. The van der Waals surface area contributed by atoms with Gasteiger partial charge in [-0.2, -0.15) is 0 Å². The molecule has 0 saturated carbocycles. The van der Waals surface area contributed by atoms with Crippen LogP contribution in [0.15, 0.2) is 42.5 Å². The highest BCUT2D eigenvalue weighted by molar-refractivity contribution is 5.21. The van der Waals surface area contributed by atoms with Gasteiger partial charge in [-0.25, -0.2) is 13.2 Å². The van der Waals surface area contributed by atoms with Crippen LogP contribution < -0.4 is 5.32 Å². The van der Waals surface area contributed by atoms with Crippen molar-refractivity contribution < 1.29 is 13.2 Å². The molecule has 0 amide bonds. The lowest BCUT2D eigenvalue weighted by molar-refractivity contribution is 0.531. The lowest BCUT2D eigenvalue weighted by atomic mass is 10.1. The van der Waals surface area contributed by atoms with Crippen LogP contribution in [0.2, 0.25) is 0 Å². The number of halogens is 3. The van der Waals surface area contributed by atoms with Crippen LogP contribution in [-0.4, -0.2) is 0 Å². The van der Waals surface area contributed by atoms with Crippen molar-refractivity contribution in [2.75, 3.05) is 0 Å². The summed E-state index contributed by atoms with van der Waals surface area (Å²) in [7, 11) is 0. The zero-order chi connectivity index (χ0) is 13.8. The molecular weight excluding hydrogens is 251 g/mol. The Morgan fingerprint density at radius 1 is 1.00 bits per heavy atom. The van der Waals surface area contributed by atoms with Gasteiger partial charge in [-0.3, -0.25) is 0 Å². The Labute approximate surface area is 110 Å². The molecular formula is C15H14F3N. The highest BCUT2D eigenvalue weighted by atomic mass is 19.1. The van der Waals surface area contributed by atoms with Crippen LogP contribution in [-0.2, 0) is 6.54 Å².